The van der Waals surface area contributed by atoms with Crippen LogP contribution in [0, 0.1) is 12.8 Å². The van der Waals surface area contributed by atoms with Crippen LogP contribution in [0.1, 0.15) is 30.5 Å². The lowest BCUT2D eigenvalue weighted by molar-refractivity contribution is -0.00729. The Labute approximate surface area is 123 Å². The molecule has 2 rings (SSSR count). The summed E-state index contributed by atoms with van der Waals surface area (Å²) in [6.45, 7) is 7.71. The number of aryl methyl sites for hydroxylation is 1. The van der Waals surface area contributed by atoms with Crippen LogP contribution < -0.4 is 5.32 Å². The van der Waals surface area contributed by atoms with Crippen molar-refractivity contribution in [2.45, 2.75) is 32.4 Å². The van der Waals surface area contributed by atoms with Crippen molar-refractivity contribution in [3.05, 3.63) is 35.4 Å². The molecule has 0 amide bonds. The van der Waals surface area contributed by atoms with Crippen LogP contribution in [0.15, 0.2) is 24.3 Å². The van der Waals surface area contributed by atoms with Crippen molar-refractivity contribution in [1.29, 1.82) is 0 Å². The average molecular weight is 276 g/mol. The summed E-state index contributed by atoms with van der Waals surface area (Å²) in [5, 5.41) is 3.45. The minimum Gasteiger partial charge on any atom is -0.380 e. The quantitative estimate of drug-likeness (QED) is 0.894. The highest BCUT2D eigenvalue weighted by molar-refractivity contribution is 5.25. The van der Waals surface area contributed by atoms with Crippen LogP contribution in [0.3, 0.4) is 0 Å². The minimum absolute atomic E-state index is 0.374. The Morgan fingerprint density at radius 2 is 2.25 bits per heavy atom. The number of hydrogen-bond acceptors (Lipinski definition) is 3. The van der Waals surface area contributed by atoms with Gasteiger partial charge in [0.1, 0.15) is 0 Å². The van der Waals surface area contributed by atoms with Crippen molar-refractivity contribution < 1.29 is 4.74 Å². The molecule has 1 heterocycles. The lowest BCUT2D eigenvalue weighted by atomic mass is 9.95. The number of methoxy groups -OCH3 is 1. The van der Waals surface area contributed by atoms with Crippen molar-refractivity contribution in [2.75, 3.05) is 33.8 Å². The van der Waals surface area contributed by atoms with Crippen molar-refractivity contribution in [3.63, 3.8) is 0 Å². The number of likely N-dealkylation sites (N-methyl/N-ethyl adjacent to an activating group) is 1. The zero-order valence-electron chi connectivity index (χ0n) is 13.2. The predicted octanol–water partition coefficient (Wildman–Crippen LogP) is 2.61. The molecule has 3 heteroatoms. The van der Waals surface area contributed by atoms with E-state index >= 15 is 0 Å². The number of piperidine rings is 1. The third-order valence-corrected chi connectivity index (χ3v) is 4.51. The molecule has 0 radical (unpaired) electrons. The average Bonchev–Trinajstić information content (AvgIpc) is 2.46. The zero-order valence-corrected chi connectivity index (χ0v) is 13.2. The van der Waals surface area contributed by atoms with Crippen molar-refractivity contribution in [3.8, 4) is 0 Å². The first-order chi connectivity index (χ1) is 9.63. The summed E-state index contributed by atoms with van der Waals surface area (Å²) in [5.74, 6) is 0.670. The molecular formula is C17H28N2O. The molecule has 1 fully saturated rings. The van der Waals surface area contributed by atoms with Gasteiger partial charge in [0.15, 0.2) is 0 Å². The first kappa shape index (κ1) is 15.5. The molecule has 112 valence electrons. The van der Waals surface area contributed by atoms with E-state index in [4.69, 9.17) is 4.74 Å². The van der Waals surface area contributed by atoms with Crippen molar-refractivity contribution in [2.24, 2.45) is 5.92 Å². The van der Waals surface area contributed by atoms with Gasteiger partial charge in [-0.1, -0.05) is 36.8 Å². The second-order valence-corrected chi connectivity index (χ2v) is 6.06. The van der Waals surface area contributed by atoms with E-state index in [-0.39, 0.29) is 0 Å². The maximum Gasteiger partial charge on any atom is 0.0724 e. The molecule has 1 N–H and O–H groups in total. The number of likely N-dealkylation sites (tertiary alicyclic amines) is 1. The third-order valence-electron chi connectivity index (χ3n) is 4.51. The number of hydrogen-bond donors (Lipinski definition) is 1. The Kier molecular flexibility index (Phi) is 5.58. The van der Waals surface area contributed by atoms with Crippen molar-refractivity contribution >= 4 is 0 Å². The normalized spacial score (nSPS) is 25.6. The van der Waals surface area contributed by atoms with Crippen molar-refractivity contribution in [1.82, 2.24) is 10.2 Å². The van der Waals surface area contributed by atoms with Gasteiger partial charge in [0.25, 0.3) is 0 Å². The maximum absolute atomic E-state index is 5.61. The smallest absolute Gasteiger partial charge is 0.0724 e. The van der Waals surface area contributed by atoms with Gasteiger partial charge in [-0.05, 0) is 38.4 Å². The predicted molar refractivity (Wildman–Crippen MR) is 84.0 cm³/mol. The van der Waals surface area contributed by atoms with Crippen LogP contribution in [-0.4, -0.2) is 44.8 Å². The molecule has 1 aromatic carbocycles. The minimum atomic E-state index is 0.374. The summed E-state index contributed by atoms with van der Waals surface area (Å²) < 4.78 is 5.61. The Morgan fingerprint density at radius 1 is 1.45 bits per heavy atom. The topological polar surface area (TPSA) is 24.5 Å². The number of benzene rings is 1. The van der Waals surface area contributed by atoms with E-state index in [1.54, 1.807) is 0 Å². The van der Waals surface area contributed by atoms with E-state index in [2.05, 4.69) is 48.3 Å². The molecule has 0 spiro atoms. The molecule has 1 saturated heterocycles. The first-order valence-corrected chi connectivity index (χ1v) is 7.63. The molecule has 0 aliphatic carbocycles. The highest BCUT2D eigenvalue weighted by Crippen LogP contribution is 2.22. The lowest BCUT2D eigenvalue weighted by Gasteiger charge is -2.38. The third kappa shape index (κ3) is 3.81. The van der Waals surface area contributed by atoms with E-state index in [0.717, 1.165) is 13.1 Å². The second-order valence-electron chi connectivity index (χ2n) is 6.06. The summed E-state index contributed by atoms with van der Waals surface area (Å²) in [4.78, 5) is 2.53. The standard InChI is InChI=1S/C17H28N2O/c1-13-6-5-7-15(10-13)16(18-3)11-19-9-8-14(2)17(12-19)20-4/h5-7,10,14,16-18H,8-9,11-12H2,1-4H3. The van der Waals surface area contributed by atoms with Crippen LogP contribution in [-0.2, 0) is 4.74 Å². The van der Waals surface area contributed by atoms with E-state index < -0.39 is 0 Å². The fourth-order valence-electron chi connectivity index (χ4n) is 3.08. The van der Waals surface area contributed by atoms with Gasteiger partial charge in [-0.25, -0.2) is 0 Å². The van der Waals surface area contributed by atoms with Gasteiger partial charge in [0.2, 0.25) is 0 Å². The Morgan fingerprint density at radius 3 is 2.90 bits per heavy atom. The van der Waals surface area contributed by atoms with Gasteiger partial charge in [-0.2, -0.15) is 0 Å². The largest absolute Gasteiger partial charge is 0.380 e. The Hall–Kier alpha value is -0.900. The summed E-state index contributed by atoms with van der Waals surface area (Å²) >= 11 is 0. The summed E-state index contributed by atoms with van der Waals surface area (Å²) in [6, 6.07) is 9.18. The van der Waals surface area contributed by atoms with E-state index in [1.165, 1.54) is 24.1 Å². The van der Waals surface area contributed by atoms with Gasteiger partial charge in [0.05, 0.1) is 6.10 Å². The lowest BCUT2D eigenvalue weighted by Crippen LogP contribution is -2.46. The van der Waals surface area contributed by atoms with Crippen LogP contribution in [0.4, 0.5) is 0 Å². The molecule has 0 saturated carbocycles. The monoisotopic (exact) mass is 276 g/mol. The molecule has 0 bridgehead atoms. The molecule has 1 aliphatic rings. The number of nitrogens with zero attached hydrogens (tertiary/aromatic N) is 1. The van der Waals surface area contributed by atoms with Gasteiger partial charge >= 0.3 is 0 Å². The fourth-order valence-corrected chi connectivity index (χ4v) is 3.08. The number of rotatable bonds is 5. The van der Waals surface area contributed by atoms with Crippen LogP contribution in [0.5, 0.6) is 0 Å². The molecule has 3 atom stereocenters. The molecule has 3 unspecified atom stereocenters. The van der Waals surface area contributed by atoms with Gasteiger partial charge in [-0.3, -0.25) is 4.90 Å². The van der Waals surface area contributed by atoms with Crippen LogP contribution >= 0.6 is 0 Å². The molecule has 1 aliphatic heterocycles. The molecule has 20 heavy (non-hydrogen) atoms. The molecule has 0 aromatic heterocycles. The molecular weight excluding hydrogens is 248 g/mol. The number of nitrogens with one attached hydrogen (secondary N) is 1. The molecule has 1 aromatic rings. The Balaban J connectivity index is 2.00. The highest BCUT2D eigenvalue weighted by Gasteiger charge is 2.27. The Bertz CT molecular complexity index is 421. The maximum atomic E-state index is 5.61. The highest BCUT2D eigenvalue weighted by atomic mass is 16.5. The summed E-state index contributed by atoms with van der Waals surface area (Å²) in [5.41, 5.74) is 2.70. The van der Waals surface area contributed by atoms with Gasteiger partial charge in [0, 0.05) is 26.2 Å². The number of ether oxygens (including phenoxy) is 1. The SMILES string of the molecule is CNC(CN1CCC(C)C(OC)C1)c1cccc(C)c1. The van der Waals surface area contributed by atoms with Crippen LogP contribution in [0.2, 0.25) is 0 Å². The fraction of sp³-hybridized carbons (Fsp3) is 0.647. The second kappa shape index (κ2) is 7.21. The van der Waals surface area contributed by atoms with Crippen LogP contribution in [0.25, 0.3) is 0 Å². The van der Waals surface area contributed by atoms with E-state index in [9.17, 15) is 0 Å². The van der Waals surface area contributed by atoms with Gasteiger partial charge in [-0.15, -0.1) is 0 Å². The summed E-state index contributed by atoms with van der Waals surface area (Å²) in [6.07, 6.45) is 1.60. The van der Waals surface area contributed by atoms with E-state index in [0.29, 0.717) is 18.1 Å². The van der Waals surface area contributed by atoms with E-state index in [1.807, 2.05) is 14.2 Å². The molecule has 3 nitrogen and oxygen atoms in total. The first-order valence-electron chi connectivity index (χ1n) is 7.63. The summed E-state index contributed by atoms with van der Waals surface area (Å²) in [7, 11) is 3.88. The van der Waals surface area contributed by atoms with Gasteiger partial charge < -0.3 is 10.1 Å². The zero-order chi connectivity index (χ0) is 14.5.